The van der Waals surface area contributed by atoms with Gasteiger partial charge >= 0.3 is 5.97 Å². The minimum absolute atomic E-state index is 0.0347. The average molecular weight is 256 g/mol. The molecule has 1 aliphatic carbocycles. The summed E-state index contributed by atoms with van der Waals surface area (Å²) in [7, 11) is 0. The number of hydrogen-bond acceptors (Lipinski definition) is 3. The SMILES string of the molecule is CCCC(CNC(=O)C1CCCC(N)C1)C(=O)O. The van der Waals surface area contributed by atoms with Gasteiger partial charge < -0.3 is 16.2 Å². The molecule has 1 saturated carbocycles. The monoisotopic (exact) mass is 256 g/mol. The summed E-state index contributed by atoms with van der Waals surface area (Å²) < 4.78 is 0. The lowest BCUT2D eigenvalue weighted by molar-refractivity contribution is -0.142. The molecule has 3 unspecified atom stereocenters. The van der Waals surface area contributed by atoms with Crippen molar-refractivity contribution >= 4 is 11.9 Å². The number of carboxylic acids is 1. The van der Waals surface area contributed by atoms with Crippen molar-refractivity contribution in [2.75, 3.05) is 6.54 Å². The zero-order valence-electron chi connectivity index (χ0n) is 11.0. The van der Waals surface area contributed by atoms with Crippen molar-refractivity contribution in [3.05, 3.63) is 0 Å². The summed E-state index contributed by atoms with van der Waals surface area (Å²) in [6.07, 6.45) is 4.96. The molecule has 0 aromatic heterocycles. The minimum Gasteiger partial charge on any atom is -0.481 e. The molecule has 1 rings (SSSR count). The van der Waals surface area contributed by atoms with Crippen LogP contribution >= 0.6 is 0 Å². The maximum atomic E-state index is 11.9. The summed E-state index contributed by atoms with van der Waals surface area (Å²) in [4.78, 5) is 22.9. The number of carbonyl (C=O) groups excluding carboxylic acids is 1. The Morgan fingerprint density at radius 3 is 2.72 bits per heavy atom. The van der Waals surface area contributed by atoms with Crippen LogP contribution in [0.5, 0.6) is 0 Å². The molecule has 0 heterocycles. The van der Waals surface area contributed by atoms with Crippen LogP contribution in [0.3, 0.4) is 0 Å². The largest absolute Gasteiger partial charge is 0.481 e. The normalized spacial score (nSPS) is 25.4. The van der Waals surface area contributed by atoms with Gasteiger partial charge in [-0.25, -0.2) is 0 Å². The summed E-state index contributed by atoms with van der Waals surface area (Å²) in [6.45, 7) is 2.17. The van der Waals surface area contributed by atoms with Gasteiger partial charge in [0.05, 0.1) is 5.92 Å². The molecule has 0 aromatic carbocycles. The van der Waals surface area contributed by atoms with Gasteiger partial charge in [0.25, 0.3) is 0 Å². The first-order valence-electron chi connectivity index (χ1n) is 6.80. The molecule has 1 fully saturated rings. The van der Waals surface area contributed by atoms with Crippen molar-refractivity contribution in [1.29, 1.82) is 0 Å². The van der Waals surface area contributed by atoms with Gasteiger partial charge in [-0.05, 0) is 25.7 Å². The Hall–Kier alpha value is -1.10. The molecule has 3 atom stereocenters. The van der Waals surface area contributed by atoms with Crippen molar-refractivity contribution in [2.24, 2.45) is 17.6 Å². The van der Waals surface area contributed by atoms with E-state index in [9.17, 15) is 9.59 Å². The maximum absolute atomic E-state index is 11.9. The Labute approximate surface area is 108 Å². The van der Waals surface area contributed by atoms with Crippen molar-refractivity contribution in [2.45, 2.75) is 51.5 Å². The van der Waals surface area contributed by atoms with E-state index in [1.165, 1.54) is 0 Å². The van der Waals surface area contributed by atoms with Gasteiger partial charge in [0.1, 0.15) is 0 Å². The van der Waals surface area contributed by atoms with E-state index in [0.29, 0.717) is 6.42 Å². The number of carboxylic acid groups (broad SMARTS) is 1. The van der Waals surface area contributed by atoms with Crippen LogP contribution in [0.1, 0.15) is 45.4 Å². The first kappa shape index (κ1) is 15.0. The number of rotatable bonds is 6. The van der Waals surface area contributed by atoms with Gasteiger partial charge in [0, 0.05) is 18.5 Å². The highest BCUT2D eigenvalue weighted by Gasteiger charge is 2.26. The predicted molar refractivity (Wildman–Crippen MR) is 69.0 cm³/mol. The third-order valence-electron chi connectivity index (χ3n) is 3.59. The van der Waals surface area contributed by atoms with Gasteiger partial charge in [0.15, 0.2) is 0 Å². The smallest absolute Gasteiger partial charge is 0.308 e. The molecular formula is C13H24N2O3. The van der Waals surface area contributed by atoms with E-state index in [0.717, 1.165) is 32.1 Å². The fourth-order valence-corrected chi connectivity index (χ4v) is 2.50. The van der Waals surface area contributed by atoms with E-state index >= 15 is 0 Å². The molecule has 1 aliphatic rings. The van der Waals surface area contributed by atoms with Crippen LogP contribution in [0.25, 0.3) is 0 Å². The van der Waals surface area contributed by atoms with Crippen LogP contribution in [0.4, 0.5) is 0 Å². The Bertz CT molecular complexity index is 294. The second-order valence-electron chi connectivity index (χ2n) is 5.19. The van der Waals surface area contributed by atoms with Crippen LogP contribution in [-0.2, 0) is 9.59 Å². The molecule has 5 heteroatoms. The molecule has 5 nitrogen and oxygen atoms in total. The predicted octanol–water partition coefficient (Wildman–Crippen LogP) is 1.12. The molecule has 0 bridgehead atoms. The summed E-state index contributed by atoms with van der Waals surface area (Å²) in [5, 5.41) is 11.8. The molecular weight excluding hydrogens is 232 g/mol. The van der Waals surface area contributed by atoms with E-state index in [4.69, 9.17) is 10.8 Å². The molecule has 1 amide bonds. The number of nitrogens with one attached hydrogen (secondary N) is 1. The lowest BCUT2D eigenvalue weighted by atomic mass is 9.85. The summed E-state index contributed by atoms with van der Waals surface area (Å²) in [5.41, 5.74) is 5.84. The number of nitrogens with two attached hydrogens (primary N) is 1. The molecule has 104 valence electrons. The number of aliphatic carboxylic acids is 1. The van der Waals surface area contributed by atoms with E-state index in [1.54, 1.807) is 0 Å². The number of carbonyl (C=O) groups is 2. The van der Waals surface area contributed by atoms with E-state index < -0.39 is 11.9 Å². The van der Waals surface area contributed by atoms with Crippen molar-refractivity contribution in [3.63, 3.8) is 0 Å². The Morgan fingerprint density at radius 2 is 2.17 bits per heavy atom. The van der Waals surface area contributed by atoms with Gasteiger partial charge in [-0.3, -0.25) is 9.59 Å². The van der Waals surface area contributed by atoms with Gasteiger partial charge in [-0.2, -0.15) is 0 Å². The van der Waals surface area contributed by atoms with Crippen LogP contribution < -0.4 is 11.1 Å². The van der Waals surface area contributed by atoms with Crippen molar-refractivity contribution < 1.29 is 14.7 Å². The minimum atomic E-state index is -0.836. The third-order valence-corrected chi connectivity index (χ3v) is 3.59. The van der Waals surface area contributed by atoms with Crippen LogP contribution in [0.2, 0.25) is 0 Å². The van der Waals surface area contributed by atoms with E-state index in [1.807, 2.05) is 6.92 Å². The Balaban J connectivity index is 2.36. The zero-order valence-corrected chi connectivity index (χ0v) is 11.0. The quantitative estimate of drug-likeness (QED) is 0.664. The fourth-order valence-electron chi connectivity index (χ4n) is 2.50. The standard InChI is InChI=1S/C13H24N2O3/c1-2-4-10(13(17)18)8-15-12(16)9-5-3-6-11(14)7-9/h9-11H,2-8,14H2,1H3,(H,15,16)(H,17,18). The lowest BCUT2D eigenvalue weighted by Crippen LogP contribution is -2.40. The van der Waals surface area contributed by atoms with Crippen LogP contribution in [0.15, 0.2) is 0 Å². The van der Waals surface area contributed by atoms with Crippen LogP contribution in [-0.4, -0.2) is 29.6 Å². The first-order valence-corrected chi connectivity index (χ1v) is 6.80. The number of amides is 1. The zero-order chi connectivity index (χ0) is 13.5. The first-order chi connectivity index (χ1) is 8.54. The highest BCUT2D eigenvalue weighted by molar-refractivity contribution is 5.79. The summed E-state index contributed by atoms with van der Waals surface area (Å²) >= 11 is 0. The van der Waals surface area contributed by atoms with Gasteiger partial charge in [-0.1, -0.05) is 19.8 Å². The van der Waals surface area contributed by atoms with Crippen molar-refractivity contribution in [3.8, 4) is 0 Å². The topological polar surface area (TPSA) is 92.4 Å². The van der Waals surface area contributed by atoms with Crippen molar-refractivity contribution in [1.82, 2.24) is 5.32 Å². The van der Waals surface area contributed by atoms with E-state index in [2.05, 4.69) is 5.32 Å². The maximum Gasteiger partial charge on any atom is 0.308 e. The fraction of sp³-hybridized carbons (Fsp3) is 0.846. The second kappa shape index (κ2) is 7.36. The molecule has 0 saturated heterocycles. The summed E-state index contributed by atoms with van der Waals surface area (Å²) in [5.74, 6) is -1.38. The molecule has 0 aromatic rings. The third kappa shape index (κ3) is 4.64. The molecule has 0 aliphatic heterocycles. The average Bonchev–Trinajstić information content (AvgIpc) is 2.33. The Kier molecular flexibility index (Phi) is 6.12. The lowest BCUT2D eigenvalue weighted by Gasteiger charge is -2.26. The molecule has 0 radical (unpaired) electrons. The molecule has 0 spiro atoms. The second-order valence-corrected chi connectivity index (χ2v) is 5.19. The van der Waals surface area contributed by atoms with Gasteiger partial charge in [-0.15, -0.1) is 0 Å². The number of hydrogen-bond donors (Lipinski definition) is 3. The van der Waals surface area contributed by atoms with Gasteiger partial charge in [0.2, 0.25) is 5.91 Å². The highest BCUT2D eigenvalue weighted by Crippen LogP contribution is 2.23. The summed E-state index contributed by atoms with van der Waals surface area (Å²) in [6, 6.07) is 0.111. The molecule has 4 N–H and O–H groups in total. The van der Waals surface area contributed by atoms with E-state index in [-0.39, 0.29) is 24.4 Å². The highest BCUT2D eigenvalue weighted by atomic mass is 16.4. The molecule has 18 heavy (non-hydrogen) atoms. The van der Waals surface area contributed by atoms with Crippen LogP contribution in [0, 0.1) is 11.8 Å². The Morgan fingerprint density at radius 1 is 1.44 bits per heavy atom.